The minimum Gasteiger partial charge on any atom is -0.496 e. The normalized spacial score (nSPS) is 10.4. The van der Waals surface area contributed by atoms with Gasteiger partial charge in [0.25, 0.3) is 0 Å². The first-order valence-corrected chi connectivity index (χ1v) is 7.51. The number of hydrogen-bond acceptors (Lipinski definition) is 4. The Bertz CT molecular complexity index is 633. The van der Waals surface area contributed by atoms with Gasteiger partial charge in [-0.05, 0) is 57.0 Å². The minimum absolute atomic E-state index is 0.373. The molecular weight excluding hydrogens is 388 g/mol. The van der Waals surface area contributed by atoms with E-state index in [1.54, 1.807) is 7.11 Å². The molecular formula is C14H14Br2N2O2. The first kappa shape index (κ1) is 15.3. The van der Waals surface area contributed by atoms with Gasteiger partial charge in [0.15, 0.2) is 0 Å². The molecule has 106 valence electrons. The highest BCUT2D eigenvalue weighted by molar-refractivity contribution is 9.11. The van der Waals surface area contributed by atoms with Crippen molar-refractivity contribution in [3.63, 3.8) is 0 Å². The Kier molecular flexibility index (Phi) is 5.01. The highest BCUT2D eigenvalue weighted by Gasteiger charge is 2.12. The predicted octanol–water partition coefficient (Wildman–Crippen LogP) is 4.17. The first-order chi connectivity index (χ1) is 9.55. The van der Waals surface area contributed by atoms with Crippen LogP contribution >= 0.6 is 31.9 Å². The predicted molar refractivity (Wildman–Crippen MR) is 85.3 cm³/mol. The van der Waals surface area contributed by atoms with Gasteiger partial charge in [0.2, 0.25) is 5.88 Å². The van der Waals surface area contributed by atoms with Crippen LogP contribution in [0.2, 0.25) is 0 Å². The van der Waals surface area contributed by atoms with Crippen molar-refractivity contribution in [1.29, 1.82) is 0 Å². The zero-order valence-electron chi connectivity index (χ0n) is 11.1. The molecule has 0 amide bonds. The van der Waals surface area contributed by atoms with Gasteiger partial charge in [-0.3, -0.25) is 0 Å². The summed E-state index contributed by atoms with van der Waals surface area (Å²) in [7, 11) is 1.61. The number of rotatable bonds is 4. The molecule has 0 spiro atoms. The highest BCUT2D eigenvalue weighted by Crippen LogP contribution is 2.38. The Balaban J connectivity index is 2.39. The molecule has 0 aliphatic rings. The van der Waals surface area contributed by atoms with Crippen LogP contribution in [0.1, 0.15) is 11.3 Å². The lowest BCUT2D eigenvalue weighted by Gasteiger charge is -2.13. The van der Waals surface area contributed by atoms with Crippen molar-refractivity contribution in [2.75, 3.05) is 7.11 Å². The number of nitrogens with zero attached hydrogens (tertiary/aromatic N) is 1. The summed E-state index contributed by atoms with van der Waals surface area (Å²) in [4.78, 5) is 4.38. The molecule has 0 radical (unpaired) electrons. The third kappa shape index (κ3) is 3.31. The standard InChI is InChI=1S/C14H14Br2N2O2/c1-8-3-4-9(7-17)14(18-8)20-13-6-10(15)12(19-2)5-11(13)16/h3-6H,7,17H2,1-2H3. The number of benzene rings is 1. The van der Waals surface area contributed by atoms with Gasteiger partial charge in [-0.25, -0.2) is 4.98 Å². The number of methoxy groups -OCH3 is 1. The van der Waals surface area contributed by atoms with E-state index in [1.165, 1.54) is 0 Å². The Labute approximate surface area is 134 Å². The van der Waals surface area contributed by atoms with Gasteiger partial charge in [-0.1, -0.05) is 6.07 Å². The summed E-state index contributed by atoms with van der Waals surface area (Å²) in [5, 5.41) is 0. The molecule has 0 atom stereocenters. The molecule has 0 saturated heterocycles. The summed E-state index contributed by atoms with van der Waals surface area (Å²) in [6.45, 7) is 2.28. The van der Waals surface area contributed by atoms with Crippen molar-refractivity contribution in [2.24, 2.45) is 5.73 Å². The zero-order valence-corrected chi connectivity index (χ0v) is 14.3. The van der Waals surface area contributed by atoms with E-state index in [-0.39, 0.29) is 0 Å². The van der Waals surface area contributed by atoms with Gasteiger partial charge in [0, 0.05) is 17.8 Å². The Morgan fingerprint density at radius 2 is 1.80 bits per heavy atom. The summed E-state index contributed by atoms with van der Waals surface area (Å²) >= 11 is 6.89. The molecule has 1 aromatic carbocycles. The van der Waals surface area contributed by atoms with Gasteiger partial charge in [0.1, 0.15) is 11.5 Å². The van der Waals surface area contributed by atoms with Gasteiger partial charge in [-0.2, -0.15) is 0 Å². The number of ether oxygens (including phenoxy) is 2. The molecule has 0 aliphatic carbocycles. The van der Waals surface area contributed by atoms with E-state index in [1.807, 2.05) is 31.2 Å². The van der Waals surface area contributed by atoms with Crippen molar-refractivity contribution in [2.45, 2.75) is 13.5 Å². The van der Waals surface area contributed by atoms with Crippen LogP contribution in [-0.4, -0.2) is 12.1 Å². The third-order valence-electron chi connectivity index (χ3n) is 2.71. The van der Waals surface area contributed by atoms with Crippen LogP contribution in [0.5, 0.6) is 17.4 Å². The number of hydrogen-bond donors (Lipinski definition) is 1. The Hall–Kier alpha value is -1.11. The molecule has 6 heteroatoms. The van der Waals surface area contributed by atoms with Crippen LogP contribution in [0.15, 0.2) is 33.2 Å². The van der Waals surface area contributed by atoms with Crippen LogP contribution < -0.4 is 15.2 Å². The summed E-state index contributed by atoms with van der Waals surface area (Å²) in [5.41, 5.74) is 7.44. The van der Waals surface area contributed by atoms with Crippen molar-refractivity contribution in [3.8, 4) is 17.4 Å². The van der Waals surface area contributed by atoms with E-state index in [4.69, 9.17) is 15.2 Å². The molecule has 2 N–H and O–H groups in total. The van der Waals surface area contributed by atoms with Crippen LogP contribution in [0.3, 0.4) is 0 Å². The van der Waals surface area contributed by atoms with Crippen LogP contribution in [0.4, 0.5) is 0 Å². The fraction of sp³-hybridized carbons (Fsp3) is 0.214. The molecule has 2 aromatic rings. The van der Waals surface area contributed by atoms with Gasteiger partial charge >= 0.3 is 0 Å². The molecule has 4 nitrogen and oxygen atoms in total. The monoisotopic (exact) mass is 400 g/mol. The lowest BCUT2D eigenvalue weighted by Crippen LogP contribution is -2.02. The van der Waals surface area contributed by atoms with Gasteiger partial charge in [0.05, 0.1) is 16.1 Å². The molecule has 0 bridgehead atoms. The fourth-order valence-corrected chi connectivity index (χ4v) is 2.54. The summed E-state index contributed by atoms with van der Waals surface area (Å²) in [6, 6.07) is 7.49. The average Bonchev–Trinajstić information content (AvgIpc) is 2.42. The topological polar surface area (TPSA) is 57.4 Å². The van der Waals surface area contributed by atoms with Crippen molar-refractivity contribution < 1.29 is 9.47 Å². The third-order valence-corrected chi connectivity index (χ3v) is 3.95. The summed E-state index contributed by atoms with van der Waals surface area (Å²) in [6.07, 6.45) is 0. The fourth-order valence-electron chi connectivity index (χ4n) is 1.65. The molecule has 0 aliphatic heterocycles. The number of aryl methyl sites for hydroxylation is 1. The van der Waals surface area contributed by atoms with E-state index >= 15 is 0 Å². The van der Waals surface area contributed by atoms with Crippen molar-refractivity contribution in [3.05, 3.63) is 44.5 Å². The van der Waals surface area contributed by atoms with E-state index in [0.717, 1.165) is 26.0 Å². The highest BCUT2D eigenvalue weighted by atomic mass is 79.9. The SMILES string of the molecule is COc1cc(Br)c(Oc2nc(C)ccc2CN)cc1Br. The Morgan fingerprint density at radius 1 is 1.15 bits per heavy atom. The number of nitrogens with two attached hydrogens (primary N) is 1. The molecule has 0 saturated carbocycles. The second kappa shape index (κ2) is 6.56. The molecule has 1 heterocycles. The second-order valence-electron chi connectivity index (χ2n) is 4.14. The second-order valence-corrected chi connectivity index (χ2v) is 5.85. The maximum atomic E-state index is 5.87. The first-order valence-electron chi connectivity index (χ1n) is 5.92. The summed E-state index contributed by atoms with van der Waals surface area (Å²) < 4.78 is 12.7. The van der Waals surface area contributed by atoms with Crippen molar-refractivity contribution in [1.82, 2.24) is 4.98 Å². The zero-order chi connectivity index (χ0) is 14.7. The van der Waals surface area contributed by atoms with E-state index in [9.17, 15) is 0 Å². The molecule has 2 rings (SSSR count). The maximum Gasteiger partial charge on any atom is 0.224 e. The average molecular weight is 402 g/mol. The maximum absolute atomic E-state index is 5.87. The quantitative estimate of drug-likeness (QED) is 0.834. The number of halogens is 2. The van der Waals surface area contributed by atoms with Crippen LogP contribution in [-0.2, 0) is 6.54 Å². The van der Waals surface area contributed by atoms with Crippen molar-refractivity contribution >= 4 is 31.9 Å². The van der Waals surface area contributed by atoms with Crippen LogP contribution in [0, 0.1) is 6.92 Å². The smallest absolute Gasteiger partial charge is 0.224 e. The molecule has 1 aromatic heterocycles. The number of aromatic nitrogens is 1. The lowest BCUT2D eigenvalue weighted by atomic mass is 10.2. The molecule has 0 fully saturated rings. The van der Waals surface area contributed by atoms with Crippen LogP contribution in [0.25, 0.3) is 0 Å². The Morgan fingerprint density at radius 3 is 2.45 bits per heavy atom. The van der Waals surface area contributed by atoms with Gasteiger partial charge in [-0.15, -0.1) is 0 Å². The summed E-state index contributed by atoms with van der Waals surface area (Å²) in [5.74, 6) is 1.89. The van der Waals surface area contributed by atoms with Gasteiger partial charge < -0.3 is 15.2 Å². The van der Waals surface area contributed by atoms with E-state index < -0.39 is 0 Å². The molecule has 20 heavy (non-hydrogen) atoms. The largest absolute Gasteiger partial charge is 0.496 e. The lowest BCUT2D eigenvalue weighted by molar-refractivity contribution is 0.408. The molecule has 0 unspecified atom stereocenters. The van der Waals surface area contributed by atoms with E-state index in [2.05, 4.69) is 36.8 Å². The van der Waals surface area contributed by atoms with E-state index in [0.29, 0.717) is 18.2 Å². The minimum atomic E-state index is 0.373. The number of pyridine rings is 1.